The van der Waals surface area contributed by atoms with E-state index in [1.165, 1.54) is 6.07 Å². The number of hydrogen-bond acceptors (Lipinski definition) is 1. The minimum absolute atomic E-state index is 0.210. The molecule has 84 valence electrons. The molecule has 0 aliphatic heterocycles. The van der Waals surface area contributed by atoms with Gasteiger partial charge in [0.15, 0.2) is 0 Å². The summed E-state index contributed by atoms with van der Waals surface area (Å²) in [6, 6.07) is 3.43. The molecule has 1 unspecified atom stereocenters. The largest absolute Gasteiger partial charge is 0.313 e. The summed E-state index contributed by atoms with van der Waals surface area (Å²) in [7, 11) is 1.90. The first-order chi connectivity index (χ1) is 7.10. The molecule has 0 bridgehead atoms. The van der Waals surface area contributed by atoms with Crippen LogP contribution in [-0.4, -0.2) is 7.05 Å². The van der Waals surface area contributed by atoms with Gasteiger partial charge in [0.25, 0.3) is 0 Å². The zero-order valence-electron chi connectivity index (χ0n) is 9.40. The van der Waals surface area contributed by atoms with Gasteiger partial charge in [0, 0.05) is 11.1 Å². The van der Waals surface area contributed by atoms with Gasteiger partial charge in [-0.1, -0.05) is 31.0 Å². The fraction of sp³-hybridized carbons (Fsp3) is 0.500. The molecule has 0 spiro atoms. The molecule has 0 radical (unpaired) electrons. The standard InChI is InChI=1S/C12H17ClFN/c1-4-5-12(15-3)9-6-8(2)11(14)7-10(9)13/h6-7,12,15H,4-5H2,1-3H3. The van der Waals surface area contributed by atoms with Crippen LogP contribution in [0.5, 0.6) is 0 Å². The van der Waals surface area contributed by atoms with Crippen LogP contribution >= 0.6 is 11.6 Å². The lowest BCUT2D eigenvalue weighted by Crippen LogP contribution is -2.16. The van der Waals surface area contributed by atoms with Crippen molar-refractivity contribution in [2.75, 3.05) is 7.05 Å². The molecule has 1 rings (SSSR count). The van der Waals surface area contributed by atoms with E-state index in [1.807, 2.05) is 13.1 Å². The number of hydrogen-bond donors (Lipinski definition) is 1. The van der Waals surface area contributed by atoms with Crippen molar-refractivity contribution in [3.05, 3.63) is 34.1 Å². The predicted molar refractivity (Wildman–Crippen MR) is 62.9 cm³/mol. The highest BCUT2D eigenvalue weighted by Gasteiger charge is 2.13. The van der Waals surface area contributed by atoms with Crippen LogP contribution in [-0.2, 0) is 0 Å². The normalized spacial score (nSPS) is 12.9. The average Bonchev–Trinajstić information content (AvgIpc) is 2.20. The van der Waals surface area contributed by atoms with E-state index in [1.54, 1.807) is 6.92 Å². The van der Waals surface area contributed by atoms with Crippen molar-refractivity contribution in [2.45, 2.75) is 32.7 Å². The zero-order chi connectivity index (χ0) is 11.4. The van der Waals surface area contributed by atoms with Gasteiger partial charge in [-0.05, 0) is 37.6 Å². The molecule has 1 N–H and O–H groups in total. The van der Waals surface area contributed by atoms with Crippen molar-refractivity contribution in [1.82, 2.24) is 5.32 Å². The van der Waals surface area contributed by atoms with Crippen molar-refractivity contribution in [3.63, 3.8) is 0 Å². The third-order valence-electron chi connectivity index (χ3n) is 2.58. The predicted octanol–water partition coefficient (Wildman–Crippen LogP) is 3.85. The smallest absolute Gasteiger partial charge is 0.127 e. The summed E-state index contributed by atoms with van der Waals surface area (Å²) in [5.41, 5.74) is 1.63. The van der Waals surface area contributed by atoms with Gasteiger partial charge >= 0.3 is 0 Å². The molecule has 0 aliphatic rings. The molecular formula is C12H17ClFN. The highest BCUT2D eigenvalue weighted by molar-refractivity contribution is 6.31. The Balaban J connectivity index is 3.06. The maximum Gasteiger partial charge on any atom is 0.127 e. The molecule has 1 aromatic carbocycles. The van der Waals surface area contributed by atoms with E-state index in [0.29, 0.717) is 10.6 Å². The Kier molecular flexibility index (Phi) is 4.55. The van der Waals surface area contributed by atoms with Gasteiger partial charge < -0.3 is 5.32 Å². The molecule has 3 heteroatoms. The Hall–Kier alpha value is -0.600. The van der Waals surface area contributed by atoms with Crippen molar-refractivity contribution in [2.24, 2.45) is 0 Å². The van der Waals surface area contributed by atoms with Gasteiger partial charge in [-0.15, -0.1) is 0 Å². The SMILES string of the molecule is CCCC(NC)c1cc(C)c(F)cc1Cl. The summed E-state index contributed by atoms with van der Waals surface area (Å²) in [5, 5.41) is 3.71. The van der Waals surface area contributed by atoms with Gasteiger partial charge in [-0.2, -0.15) is 0 Å². The Morgan fingerprint density at radius 3 is 2.67 bits per heavy atom. The molecule has 0 saturated heterocycles. The van der Waals surface area contributed by atoms with E-state index in [2.05, 4.69) is 12.2 Å². The van der Waals surface area contributed by atoms with Crippen molar-refractivity contribution in [1.29, 1.82) is 0 Å². The molecule has 1 atom stereocenters. The molecule has 0 fully saturated rings. The molecule has 0 aromatic heterocycles. The minimum atomic E-state index is -0.241. The maximum atomic E-state index is 13.2. The van der Waals surface area contributed by atoms with E-state index in [0.717, 1.165) is 18.4 Å². The Morgan fingerprint density at radius 1 is 1.47 bits per heavy atom. The molecule has 1 aromatic rings. The second kappa shape index (κ2) is 5.47. The van der Waals surface area contributed by atoms with Crippen LogP contribution in [0.1, 0.15) is 36.9 Å². The van der Waals surface area contributed by atoms with E-state index in [-0.39, 0.29) is 11.9 Å². The van der Waals surface area contributed by atoms with Gasteiger partial charge in [0.2, 0.25) is 0 Å². The van der Waals surface area contributed by atoms with Crippen molar-refractivity contribution >= 4 is 11.6 Å². The first-order valence-electron chi connectivity index (χ1n) is 5.23. The van der Waals surface area contributed by atoms with Gasteiger partial charge in [-0.3, -0.25) is 0 Å². The Morgan fingerprint density at radius 2 is 2.13 bits per heavy atom. The fourth-order valence-corrected chi connectivity index (χ4v) is 1.97. The molecule has 0 aliphatic carbocycles. The molecule has 0 heterocycles. The second-order valence-corrected chi connectivity index (χ2v) is 4.16. The molecule has 0 amide bonds. The maximum absolute atomic E-state index is 13.2. The lowest BCUT2D eigenvalue weighted by molar-refractivity contribution is 0.538. The summed E-state index contributed by atoms with van der Waals surface area (Å²) in [5.74, 6) is -0.241. The van der Waals surface area contributed by atoms with Gasteiger partial charge in [0.05, 0.1) is 0 Å². The van der Waals surface area contributed by atoms with Crippen LogP contribution in [0.2, 0.25) is 5.02 Å². The molecule has 15 heavy (non-hydrogen) atoms. The number of halogens is 2. The van der Waals surface area contributed by atoms with Gasteiger partial charge in [0.1, 0.15) is 5.82 Å². The third kappa shape index (κ3) is 2.93. The summed E-state index contributed by atoms with van der Waals surface area (Å²) in [6.07, 6.45) is 2.07. The quantitative estimate of drug-likeness (QED) is 0.827. The lowest BCUT2D eigenvalue weighted by Gasteiger charge is -2.18. The van der Waals surface area contributed by atoms with Crippen LogP contribution < -0.4 is 5.32 Å². The van der Waals surface area contributed by atoms with E-state index < -0.39 is 0 Å². The number of rotatable bonds is 4. The number of nitrogens with one attached hydrogen (secondary N) is 1. The Labute approximate surface area is 95.6 Å². The average molecular weight is 230 g/mol. The topological polar surface area (TPSA) is 12.0 Å². The summed E-state index contributed by atoms with van der Waals surface area (Å²) in [6.45, 7) is 3.88. The van der Waals surface area contributed by atoms with Crippen molar-refractivity contribution < 1.29 is 4.39 Å². The summed E-state index contributed by atoms with van der Waals surface area (Å²) in [4.78, 5) is 0. The van der Waals surface area contributed by atoms with Crippen LogP contribution in [0.25, 0.3) is 0 Å². The first kappa shape index (κ1) is 12.5. The van der Waals surface area contributed by atoms with Crippen molar-refractivity contribution in [3.8, 4) is 0 Å². The first-order valence-corrected chi connectivity index (χ1v) is 5.60. The summed E-state index contributed by atoms with van der Waals surface area (Å²) < 4.78 is 13.2. The second-order valence-electron chi connectivity index (χ2n) is 3.75. The molecular weight excluding hydrogens is 213 g/mol. The van der Waals surface area contributed by atoms with E-state index in [9.17, 15) is 4.39 Å². The third-order valence-corrected chi connectivity index (χ3v) is 2.91. The highest BCUT2D eigenvalue weighted by Crippen LogP contribution is 2.28. The fourth-order valence-electron chi connectivity index (χ4n) is 1.69. The van der Waals surface area contributed by atoms with Crippen LogP contribution in [0.15, 0.2) is 12.1 Å². The minimum Gasteiger partial charge on any atom is -0.313 e. The van der Waals surface area contributed by atoms with Crippen LogP contribution in [0.4, 0.5) is 4.39 Å². The van der Waals surface area contributed by atoms with Crippen LogP contribution in [0.3, 0.4) is 0 Å². The molecule has 1 nitrogen and oxygen atoms in total. The highest BCUT2D eigenvalue weighted by atomic mass is 35.5. The number of benzene rings is 1. The monoisotopic (exact) mass is 229 g/mol. The summed E-state index contributed by atoms with van der Waals surface area (Å²) >= 11 is 6.03. The molecule has 0 saturated carbocycles. The van der Waals surface area contributed by atoms with Gasteiger partial charge in [-0.25, -0.2) is 4.39 Å². The lowest BCUT2D eigenvalue weighted by atomic mass is 10.0. The van der Waals surface area contributed by atoms with Crippen LogP contribution in [0, 0.1) is 12.7 Å². The number of aryl methyl sites for hydroxylation is 1. The zero-order valence-corrected chi connectivity index (χ0v) is 10.2. The van der Waals surface area contributed by atoms with E-state index >= 15 is 0 Å². The van der Waals surface area contributed by atoms with E-state index in [4.69, 9.17) is 11.6 Å². The Bertz CT molecular complexity index is 339.